The highest BCUT2D eigenvalue weighted by Crippen LogP contribution is 2.24. The van der Waals surface area contributed by atoms with E-state index in [2.05, 4.69) is 49.2 Å². The van der Waals surface area contributed by atoms with Crippen LogP contribution in [0.2, 0.25) is 0 Å². The Hall–Kier alpha value is -1.90. The van der Waals surface area contributed by atoms with Crippen LogP contribution in [0.25, 0.3) is 0 Å². The first-order valence-corrected chi connectivity index (χ1v) is 10.9. The highest BCUT2D eigenvalue weighted by molar-refractivity contribution is 7.10. The fourth-order valence-electron chi connectivity index (χ4n) is 2.78. The summed E-state index contributed by atoms with van der Waals surface area (Å²) in [6, 6.07) is 2.82. The largest absolute Gasteiger partial charge is 0.490 e. The number of aliphatic carboxylic acids is 2. The Kier molecular flexibility index (Phi) is 13.7. The Bertz CT molecular complexity index is 731. The van der Waals surface area contributed by atoms with Gasteiger partial charge in [-0.1, -0.05) is 0 Å². The third-order valence-corrected chi connectivity index (χ3v) is 5.87. The lowest BCUT2D eigenvalue weighted by Gasteiger charge is -2.32. The second kappa shape index (κ2) is 14.5. The van der Waals surface area contributed by atoms with Crippen LogP contribution in [0.3, 0.4) is 0 Å². The molecule has 0 aromatic carbocycles. The smallest absolute Gasteiger partial charge is 0.475 e. The van der Waals surface area contributed by atoms with Crippen molar-refractivity contribution in [3.8, 4) is 0 Å². The van der Waals surface area contributed by atoms with Gasteiger partial charge in [-0.25, -0.2) is 9.59 Å². The SMILES string of the molecule is Cc1ccsc1CN1CCOC[C@@H](CCN(C)C)[C@@H]1C.O=C(O)C(F)(F)F.O=C(O)C(F)(F)F. The molecule has 7 nitrogen and oxygen atoms in total. The van der Waals surface area contributed by atoms with Crippen LogP contribution in [-0.2, 0) is 20.9 Å². The van der Waals surface area contributed by atoms with E-state index in [1.165, 1.54) is 16.9 Å². The van der Waals surface area contributed by atoms with E-state index in [1.54, 1.807) is 0 Å². The van der Waals surface area contributed by atoms with Gasteiger partial charge in [0.25, 0.3) is 0 Å². The lowest BCUT2D eigenvalue weighted by Crippen LogP contribution is -2.39. The van der Waals surface area contributed by atoms with Gasteiger partial charge in [0.15, 0.2) is 0 Å². The molecule has 1 aliphatic rings. The molecule has 1 fully saturated rings. The van der Waals surface area contributed by atoms with E-state index < -0.39 is 24.3 Å². The molecular formula is C20H30F6N2O5S. The minimum atomic E-state index is -5.08. The van der Waals surface area contributed by atoms with Crippen LogP contribution >= 0.6 is 11.3 Å². The van der Waals surface area contributed by atoms with E-state index in [0.29, 0.717) is 12.0 Å². The van der Waals surface area contributed by atoms with E-state index in [0.717, 1.165) is 32.8 Å². The molecule has 0 radical (unpaired) electrons. The highest BCUT2D eigenvalue weighted by atomic mass is 32.1. The minimum Gasteiger partial charge on any atom is -0.475 e. The average molecular weight is 525 g/mol. The first kappa shape index (κ1) is 32.1. The minimum absolute atomic E-state index is 0.596. The topological polar surface area (TPSA) is 90.3 Å². The van der Waals surface area contributed by atoms with E-state index >= 15 is 0 Å². The molecule has 14 heteroatoms. The van der Waals surface area contributed by atoms with Crippen molar-refractivity contribution in [3.63, 3.8) is 0 Å². The van der Waals surface area contributed by atoms with Gasteiger partial charge in [-0.2, -0.15) is 26.3 Å². The van der Waals surface area contributed by atoms with Gasteiger partial charge in [0.2, 0.25) is 0 Å². The Morgan fingerprint density at radius 3 is 2.03 bits per heavy atom. The average Bonchev–Trinajstić information content (AvgIpc) is 3.00. The summed E-state index contributed by atoms with van der Waals surface area (Å²) in [4.78, 5) is 24.2. The van der Waals surface area contributed by atoms with Gasteiger partial charge in [-0.3, -0.25) is 4.90 Å². The number of nitrogens with zero attached hydrogens (tertiary/aromatic N) is 2. The molecule has 0 spiro atoms. The summed E-state index contributed by atoms with van der Waals surface area (Å²) in [5.74, 6) is -4.87. The molecule has 2 heterocycles. The predicted octanol–water partition coefficient (Wildman–Crippen LogP) is 4.11. The van der Waals surface area contributed by atoms with Crippen LogP contribution in [0.1, 0.15) is 23.8 Å². The first-order chi connectivity index (χ1) is 15.5. The van der Waals surface area contributed by atoms with Crippen molar-refractivity contribution in [1.29, 1.82) is 0 Å². The molecule has 1 aliphatic heterocycles. The van der Waals surface area contributed by atoms with E-state index in [9.17, 15) is 26.3 Å². The number of hydrogen-bond donors (Lipinski definition) is 2. The van der Waals surface area contributed by atoms with Gasteiger partial charge >= 0.3 is 24.3 Å². The number of halogens is 6. The Morgan fingerprint density at radius 1 is 1.15 bits per heavy atom. The van der Waals surface area contributed by atoms with Crippen molar-refractivity contribution in [1.82, 2.24) is 9.80 Å². The number of carbonyl (C=O) groups is 2. The summed E-state index contributed by atoms with van der Waals surface area (Å²) >= 11 is 1.88. The fraction of sp³-hybridized carbons (Fsp3) is 0.700. The number of thiophene rings is 1. The molecule has 34 heavy (non-hydrogen) atoms. The van der Waals surface area contributed by atoms with Gasteiger partial charge in [0.05, 0.1) is 13.2 Å². The predicted molar refractivity (Wildman–Crippen MR) is 114 cm³/mol. The normalized spacial score (nSPS) is 19.4. The van der Waals surface area contributed by atoms with Crippen molar-refractivity contribution in [2.75, 3.05) is 40.4 Å². The number of ether oxygens (including phenoxy) is 1. The highest BCUT2D eigenvalue weighted by Gasteiger charge is 2.38. The van der Waals surface area contributed by atoms with Crippen molar-refractivity contribution in [2.45, 2.75) is 45.2 Å². The van der Waals surface area contributed by atoms with Gasteiger partial charge < -0.3 is 19.8 Å². The zero-order chi connectivity index (χ0) is 26.7. The molecule has 1 aromatic heterocycles. The Morgan fingerprint density at radius 2 is 1.65 bits per heavy atom. The Labute approximate surface area is 197 Å². The molecule has 0 aliphatic carbocycles. The quantitative estimate of drug-likeness (QED) is 0.561. The lowest BCUT2D eigenvalue weighted by atomic mass is 9.97. The van der Waals surface area contributed by atoms with Crippen molar-refractivity contribution in [3.05, 3.63) is 21.9 Å². The van der Waals surface area contributed by atoms with Crippen molar-refractivity contribution < 1.29 is 50.9 Å². The molecular weight excluding hydrogens is 494 g/mol. The van der Waals surface area contributed by atoms with Crippen LogP contribution in [0.15, 0.2) is 11.4 Å². The van der Waals surface area contributed by atoms with Crippen LogP contribution in [0.5, 0.6) is 0 Å². The molecule has 2 atom stereocenters. The van der Waals surface area contributed by atoms with Crippen LogP contribution in [0.4, 0.5) is 26.3 Å². The molecule has 0 saturated carbocycles. The molecule has 2 N–H and O–H groups in total. The molecule has 0 unspecified atom stereocenters. The summed E-state index contributed by atoms with van der Waals surface area (Å²) < 4.78 is 69.3. The zero-order valence-corrected chi connectivity index (χ0v) is 20.1. The lowest BCUT2D eigenvalue weighted by molar-refractivity contribution is -0.193. The van der Waals surface area contributed by atoms with Gasteiger partial charge in [0.1, 0.15) is 0 Å². The van der Waals surface area contributed by atoms with Crippen LogP contribution in [-0.4, -0.2) is 90.7 Å². The van der Waals surface area contributed by atoms with E-state index in [4.69, 9.17) is 24.5 Å². The summed E-state index contributed by atoms with van der Waals surface area (Å²) in [6.45, 7) is 9.64. The molecule has 0 amide bonds. The van der Waals surface area contributed by atoms with Crippen molar-refractivity contribution in [2.24, 2.45) is 5.92 Å². The number of carboxylic acid groups (broad SMARTS) is 2. The number of rotatable bonds is 5. The molecule has 1 saturated heterocycles. The standard InChI is InChI=1S/C16H28N2OS.2C2HF3O2/c1-13-6-10-20-16(13)11-18-8-9-19-12-15(14(18)2)5-7-17(3)4;2*3-2(4,5)1(6)7/h6,10,14-15H,5,7-9,11-12H2,1-4H3;2*(H,6,7)/t14-,15+;;/m0../s1. The maximum atomic E-state index is 10.6. The number of hydrogen-bond acceptors (Lipinski definition) is 6. The van der Waals surface area contributed by atoms with Gasteiger partial charge in [0, 0.05) is 24.0 Å². The summed E-state index contributed by atoms with van der Waals surface area (Å²) in [7, 11) is 4.30. The maximum Gasteiger partial charge on any atom is 0.490 e. The molecule has 1 aromatic rings. The molecule has 0 bridgehead atoms. The number of carboxylic acids is 2. The Balaban J connectivity index is 0.000000642. The maximum absolute atomic E-state index is 10.6. The fourth-order valence-corrected chi connectivity index (χ4v) is 3.71. The second-order valence-electron chi connectivity index (χ2n) is 7.77. The summed E-state index contributed by atoms with van der Waals surface area (Å²) in [5.41, 5.74) is 1.43. The first-order valence-electron chi connectivity index (χ1n) is 10.1. The third kappa shape index (κ3) is 13.1. The van der Waals surface area contributed by atoms with E-state index in [-0.39, 0.29) is 0 Å². The summed E-state index contributed by atoms with van der Waals surface area (Å²) in [6.07, 6.45) is -8.95. The van der Waals surface area contributed by atoms with Crippen LogP contribution < -0.4 is 0 Å². The van der Waals surface area contributed by atoms with Crippen LogP contribution in [0, 0.1) is 12.8 Å². The monoisotopic (exact) mass is 524 g/mol. The zero-order valence-electron chi connectivity index (χ0n) is 19.2. The number of alkyl halides is 6. The van der Waals surface area contributed by atoms with Gasteiger partial charge in [-0.05, 0) is 63.8 Å². The van der Waals surface area contributed by atoms with Gasteiger partial charge in [-0.15, -0.1) is 11.3 Å². The number of aryl methyl sites for hydroxylation is 1. The summed E-state index contributed by atoms with van der Waals surface area (Å²) in [5, 5.41) is 16.5. The second-order valence-corrected chi connectivity index (χ2v) is 8.77. The molecule has 2 rings (SSSR count). The molecule has 198 valence electrons. The third-order valence-electron chi connectivity index (χ3n) is 4.86. The van der Waals surface area contributed by atoms with Crippen molar-refractivity contribution >= 4 is 23.3 Å². The van der Waals surface area contributed by atoms with E-state index in [1.807, 2.05) is 11.3 Å².